The zero-order chi connectivity index (χ0) is 18.9. The fourth-order valence-electron chi connectivity index (χ4n) is 3.18. The molecule has 4 heteroatoms. The molecular formula is C22H38N2O2. The predicted molar refractivity (Wildman–Crippen MR) is 110 cm³/mol. The lowest BCUT2D eigenvalue weighted by Crippen LogP contribution is -2.24. The van der Waals surface area contributed by atoms with Crippen LogP contribution in [-0.4, -0.2) is 17.6 Å². The van der Waals surface area contributed by atoms with Crippen molar-refractivity contribution in [1.82, 2.24) is 0 Å². The molecule has 0 amide bonds. The molecular weight excluding hydrogens is 324 g/mol. The Hall–Kier alpha value is -1.55. The van der Waals surface area contributed by atoms with E-state index in [1.54, 1.807) is 0 Å². The smallest absolute Gasteiger partial charge is 0.173 e. The molecule has 1 aromatic carbocycles. The molecule has 1 rings (SSSR count). The van der Waals surface area contributed by atoms with Crippen LogP contribution in [0.15, 0.2) is 35.5 Å². The van der Waals surface area contributed by atoms with Gasteiger partial charge in [0.2, 0.25) is 0 Å². The van der Waals surface area contributed by atoms with E-state index in [0.717, 1.165) is 12.0 Å². The number of hydrogen-bond acceptors (Lipinski definition) is 3. The van der Waals surface area contributed by atoms with E-state index >= 15 is 0 Å². The quantitative estimate of drug-likeness (QED) is 0.121. The van der Waals surface area contributed by atoms with Crippen molar-refractivity contribution in [2.24, 2.45) is 10.9 Å². The lowest BCUT2D eigenvalue weighted by Gasteiger charge is -2.16. The van der Waals surface area contributed by atoms with Crippen molar-refractivity contribution in [3.05, 3.63) is 35.9 Å². The summed E-state index contributed by atoms with van der Waals surface area (Å²) in [5, 5.41) is 12.1. The van der Waals surface area contributed by atoms with Gasteiger partial charge >= 0.3 is 0 Å². The molecule has 0 aliphatic heterocycles. The fraction of sp³-hybridized carbons (Fsp3) is 0.682. The molecule has 0 fully saturated rings. The maximum absolute atomic E-state index is 8.95. The molecule has 1 aromatic rings. The fourth-order valence-corrected chi connectivity index (χ4v) is 3.18. The molecule has 3 N–H and O–H groups in total. The van der Waals surface area contributed by atoms with Crippen LogP contribution in [0.2, 0.25) is 0 Å². The summed E-state index contributed by atoms with van der Waals surface area (Å²) in [6, 6.07) is 9.67. The summed E-state index contributed by atoms with van der Waals surface area (Å²) in [7, 11) is 0. The second kappa shape index (κ2) is 15.7. The van der Waals surface area contributed by atoms with E-state index in [-0.39, 0.29) is 5.84 Å². The first-order chi connectivity index (χ1) is 12.8. The van der Waals surface area contributed by atoms with E-state index < -0.39 is 6.10 Å². The topological polar surface area (TPSA) is 67.8 Å². The summed E-state index contributed by atoms with van der Waals surface area (Å²) >= 11 is 0. The van der Waals surface area contributed by atoms with Crippen LogP contribution in [0.5, 0.6) is 0 Å². The monoisotopic (exact) mass is 362 g/mol. The summed E-state index contributed by atoms with van der Waals surface area (Å²) in [6.07, 6.45) is 15.4. The summed E-state index contributed by atoms with van der Waals surface area (Å²) in [4.78, 5) is 0. The number of amidine groups is 1. The van der Waals surface area contributed by atoms with E-state index in [9.17, 15) is 0 Å². The van der Waals surface area contributed by atoms with Crippen LogP contribution >= 0.6 is 0 Å². The molecule has 0 bridgehead atoms. The molecule has 0 heterocycles. The maximum atomic E-state index is 8.95. The molecule has 1 unspecified atom stereocenters. The predicted octanol–water partition coefficient (Wildman–Crippen LogP) is 6.19. The third-order valence-corrected chi connectivity index (χ3v) is 4.77. The van der Waals surface area contributed by atoms with E-state index in [1.165, 1.54) is 70.6 Å². The van der Waals surface area contributed by atoms with Gasteiger partial charge in [-0.1, -0.05) is 113 Å². The summed E-state index contributed by atoms with van der Waals surface area (Å²) in [6.45, 7) is 2.90. The van der Waals surface area contributed by atoms with Crippen LogP contribution in [0.25, 0.3) is 0 Å². The van der Waals surface area contributed by atoms with Gasteiger partial charge in [0, 0.05) is 6.61 Å². The highest BCUT2D eigenvalue weighted by atomic mass is 16.5. The third kappa shape index (κ3) is 10.4. The largest absolute Gasteiger partial charge is 0.409 e. The maximum Gasteiger partial charge on any atom is 0.173 e. The molecule has 0 aliphatic carbocycles. The Morgan fingerprint density at radius 2 is 1.38 bits per heavy atom. The highest BCUT2D eigenvalue weighted by Gasteiger charge is 2.16. The Labute approximate surface area is 159 Å². The Morgan fingerprint density at radius 3 is 1.88 bits per heavy atom. The van der Waals surface area contributed by atoms with Gasteiger partial charge in [-0.15, -0.1) is 0 Å². The average Bonchev–Trinajstić information content (AvgIpc) is 2.68. The number of ether oxygens (including phenoxy) is 1. The number of benzene rings is 1. The van der Waals surface area contributed by atoms with Gasteiger partial charge in [-0.3, -0.25) is 0 Å². The van der Waals surface area contributed by atoms with E-state index in [4.69, 9.17) is 15.7 Å². The SMILES string of the molecule is CCCCCCCCCCCCCCOC(C(N)=NO)c1ccccc1. The Kier molecular flexibility index (Phi) is 13.6. The summed E-state index contributed by atoms with van der Waals surface area (Å²) in [5.74, 6) is 0.107. The van der Waals surface area contributed by atoms with Crippen molar-refractivity contribution in [2.45, 2.75) is 90.1 Å². The van der Waals surface area contributed by atoms with Gasteiger partial charge in [-0.05, 0) is 12.0 Å². The number of hydrogen-bond donors (Lipinski definition) is 2. The molecule has 0 saturated carbocycles. The molecule has 0 aromatic heterocycles. The second-order valence-corrected chi connectivity index (χ2v) is 7.08. The molecule has 0 radical (unpaired) electrons. The van der Waals surface area contributed by atoms with Gasteiger partial charge in [0.15, 0.2) is 5.84 Å². The lowest BCUT2D eigenvalue weighted by molar-refractivity contribution is 0.0909. The van der Waals surface area contributed by atoms with E-state index in [0.29, 0.717) is 6.61 Å². The van der Waals surface area contributed by atoms with Crippen molar-refractivity contribution < 1.29 is 9.94 Å². The molecule has 26 heavy (non-hydrogen) atoms. The zero-order valence-corrected chi connectivity index (χ0v) is 16.5. The standard InChI is InChI=1S/C22H38N2O2/c1-2-3-4-5-6-7-8-9-10-11-12-16-19-26-21(22(23)24-25)20-17-14-13-15-18-20/h13-15,17-18,21,25H,2-12,16,19H2,1H3,(H2,23,24). The highest BCUT2D eigenvalue weighted by molar-refractivity contribution is 5.85. The highest BCUT2D eigenvalue weighted by Crippen LogP contribution is 2.18. The second-order valence-electron chi connectivity index (χ2n) is 7.08. The van der Waals surface area contributed by atoms with Crippen molar-refractivity contribution in [3.8, 4) is 0 Å². The summed E-state index contributed by atoms with van der Waals surface area (Å²) in [5.41, 5.74) is 6.69. The van der Waals surface area contributed by atoms with Gasteiger partial charge in [-0.25, -0.2) is 0 Å². The Bertz CT molecular complexity index is 462. The van der Waals surface area contributed by atoms with Crippen LogP contribution in [-0.2, 0) is 4.74 Å². The van der Waals surface area contributed by atoms with Gasteiger partial charge in [0.05, 0.1) is 0 Å². The van der Waals surface area contributed by atoms with Crippen LogP contribution in [0.3, 0.4) is 0 Å². The molecule has 148 valence electrons. The van der Waals surface area contributed by atoms with E-state index in [2.05, 4.69) is 12.1 Å². The Morgan fingerprint density at radius 1 is 0.885 bits per heavy atom. The minimum atomic E-state index is -0.464. The molecule has 0 aliphatic rings. The number of unbranched alkanes of at least 4 members (excludes halogenated alkanes) is 11. The zero-order valence-electron chi connectivity index (χ0n) is 16.5. The van der Waals surface area contributed by atoms with Crippen LogP contribution in [0.1, 0.15) is 95.6 Å². The van der Waals surface area contributed by atoms with Crippen molar-refractivity contribution >= 4 is 5.84 Å². The van der Waals surface area contributed by atoms with Crippen molar-refractivity contribution in [2.75, 3.05) is 6.61 Å². The van der Waals surface area contributed by atoms with Crippen molar-refractivity contribution in [3.63, 3.8) is 0 Å². The minimum absolute atomic E-state index is 0.107. The number of nitrogens with two attached hydrogens (primary N) is 1. The lowest BCUT2D eigenvalue weighted by atomic mass is 10.1. The first kappa shape index (κ1) is 22.5. The third-order valence-electron chi connectivity index (χ3n) is 4.77. The first-order valence-corrected chi connectivity index (χ1v) is 10.4. The summed E-state index contributed by atoms with van der Waals surface area (Å²) < 4.78 is 5.86. The minimum Gasteiger partial charge on any atom is -0.409 e. The number of nitrogens with zero attached hydrogens (tertiary/aromatic N) is 1. The van der Waals surface area contributed by atoms with Gasteiger partial charge in [0.25, 0.3) is 0 Å². The van der Waals surface area contributed by atoms with Crippen molar-refractivity contribution in [1.29, 1.82) is 0 Å². The van der Waals surface area contributed by atoms with Crippen LogP contribution in [0.4, 0.5) is 0 Å². The van der Waals surface area contributed by atoms with Gasteiger partial charge < -0.3 is 15.7 Å². The Balaban J connectivity index is 2.03. The first-order valence-electron chi connectivity index (χ1n) is 10.4. The van der Waals surface area contributed by atoms with E-state index in [1.807, 2.05) is 30.3 Å². The number of rotatable bonds is 16. The molecule has 4 nitrogen and oxygen atoms in total. The molecule has 0 spiro atoms. The van der Waals surface area contributed by atoms with Crippen LogP contribution < -0.4 is 5.73 Å². The van der Waals surface area contributed by atoms with Gasteiger partial charge in [-0.2, -0.15) is 0 Å². The number of oxime groups is 1. The molecule has 1 atom stereocenters. The average molecular weight is 363 g/mol. The molecule has 0 saturated heterocycles. The van der Waals surface area contributed by atoms with Crippen LogP contribution in [0, 0.1) is 0 Å². The van der Waals surface area contributed by atoms with Gasteiger partial charge in [0.1, 0.15) is 6.10 Å². The normalized spacial score (nSPS) is 13.0.